The van der Waals surface area contributed by atoms with Crippen molar-refractivity contribution in [3.8, 4) is 0 Å². The molecule has 0 nitrogen and oxygen atoms in total. The molecule has 0 aliphatic carbocycles. The van der Waals surface area contributed by atoms with Crippen LogP contribution in [-0.4, -0.2) is 0 Å². The van der Waals surface area contributed by atoms with Crippen LogP contribution in [-0.2, 0) is 0 Å². The second-order valence-electron chi connectivity index (χ2n) is 3.15. The Bertz CT molecular complexity index is 90.2. The number of allylic oxidation sites excluding steroid dienone is 2. The third-order valence-corrected chi connectivity index (χ3v) is 1.70. The predicted molar refractivity (Wildman–Crippen MR) is 47.7 cm³/mol. The molecule has 10 heavy (non-hydrogen) atoms. The normalized spacial score (nSPS) is 14.9. The fraction of sp³-hybridized carbons (Fsp3) is 0.700. The summed E-state index contributed by atoms with van der Waals surface area (Å²) in [6.07, 6.45) is 6.89. The molecule has 2 atom stereocenters. The van der Waals surface area contributed by atoms with Crippen molar-refractivity contribution < 1.29 is 0 Å². The molecule has 0 bridgehead atoms. The molecular formula is C10H19. The Morgan fingerprint density at radius 3 is 2.40 bits per heavy atom. The Balaban J connectivity index is 3.33. The second-order valence-corrected chi connectivity index (χ2v) is 3.15. The monoisotopic (exact) mass is 139 g/mol. The summed E-state index contributed by atoms with van der Waals surface area (Å²) < 4.78 is 0. The maximum absolute atomic E-state index is 3.87. The fourth-order valence-electron chi connectivity index (χ4n) is 0.710. The van der Waals surface area contributed by atoms with E-state index in [4.69, 9.17) is 0 Å². The Hall–Kier alpha value is -0.260. The molecule has 0 aliphatic rings. The highest BCUT2D eigenvalue weighted by molar-refractivity contribution is 4.88. The van der Waals surface area contributed by atoms with Gasteiger partial charge in [-0.2, -0.15) is 0 Å². The van der Waals surface area contributed by atoms with E-state index in [1.165, 1.54) is 12.8 Å². The standard InChI is InChI=1S/C10H19/c1-5-10(4)8-6-7-9(2)3/h6-7,9-10H,2,5,8H2,1,3-4H3/b7-6+. The average molecular weight is 139 g/mol. The zero-order chi connectivity index (χ0) is 7.98. The quantitative estimate of drug-likeness (QED) is 0.523. The fourth-order valence-corrected chi connectivity index (χ4v) is 0.710. The minimum Gasteiger partial charge on any atom is -0.0880 e. The smallest absolute Gasteiger partial charge is 0.0262 e. The van der Waals surface area contributed by atoms with Crippen LogP contribution >= 0.6 is 0 Å². The van der Waals surface area contributed by atoms with Crippen LogP contribution in [0.15, 0.2) is 12.2 Å². The van der Waals surface area contributed by atoms with Crippen molar-refractivity contribution in [2.75, 3.05) is 0 Å². The third kappa shape index (κ3) is 5.87. The summed E-state index contributed by atoms with van der Waals surface area (Å²) in [7, 11) is 0. The number of rotatable bonds is 4. The molecule has 2 unspecified atom stereocenters. The summed E-state index contributed by atoms with van der Waals surface area (Å²) in [5.74, 6) is 1.29. The zero-order valence-electron chi connectivity index (χ0n) is 7.43. The average Bonchev–Trinajstić information content (AvgIpc) is 1.87. The number of hydrogen-bond donors (Lipinski definition) is 0. The number of hydrogen-bond acceptors (Lipinski definition) is 0. The van der Waals surface area contributed by atoms with Gasteiger partial charge >= 0.3 is 0 Å². The van der Waals surface area contributed by atoms with E-state index < -0.39 is 0 Å². The van der Waals surface area contributed by atoms with E-state index in [1.54, 1.807) is 0 Å². The molecule has 59 valence electrons. The van der Waals surface area contributed by atoms with Gasteiger partial charge in [0.25, 0.3) is 0 Å². The van der Waals surface area contributed by atoms with Gasteiger partial charge in [-0.25, -0.2) is 0 Å². The first kappa shape index (κ1) is 9.74. The zero-order valence-corrected chi connectivity index (χ0v) is 7.43. The maximum Gasteiger partial charge on any atom is -0.0262 e. The highest BCUT2D eigenvalue weighted by Crippen LogP contribution is 2.07. The lowest BCUT2D eigenvalue weighted by molar-refractivity contribution is 0.570. The second kappa shape index (κ2) is 5.52. The molecule has 0 saturated heterocycles. The van der Waals surface area contributed by atoms with E-state index in [0.717, 1.165) is 5.92 Å². The molecule has 0 aromatic rings. The van der Waals surface area contributed by atoms with Gasteiger partial charge in [0, 0.05) is 0 Å². The topological polar surface area (TPSA) is 0 Å². The molecule has 0 aromatic heterocycles. The van der Waals surface area contributed by atoms with Crippen LogP contribution < -0.4 is 0 Å². The van der Waals surface area contributed by atoms with Gasteiger partial charge in [-0.3, -0.25) is 0 Å². The van der Waals surface area contributed by atoms with Gasteiger partial charge in [-0.1, -0.05) is 39.3 Å². The van der Waals surface area contributed by atoms with Gasteiger partial charge in [0.05, 0.1) is 0 Å². The molecule has 0 aliphatic heterocycles. The summed E-state index contributed by atoms with van der Waals surface area (Å²) in [6.45, 7) is 10.5. The first-order valence-electron chi connectivity index (χ1n) is 4.16. The Morgan fingerprint density at radius 1 is 1.40 bits per heavy atom. The Morgan fingerprint density at radius 2 is 2.00 bits per heavy atom. The lowest BCUT2D eigenvalue weighted by Gasteiger charge is -2.02. The van der Waals surface area contributed by atoms with Crippen molar-refractivity contribution in [2.45, 2.75) is 33.6 Å². The van der Waals surface area contributed by atoms with Gasteiger partial charge in [-0.05, 0) is 25.2 Å². The molecule has 0 N–H and O–H groups in total. The molecule has 0 fully saturated rings. The van der Waals surface area contributed by atoms with Gasteiger partial charge in [0.15, 0.2) is 0 Å². The van der Waals surface area contributed by atoms with Crippen molar-refractivity contribution in [1.29, 1.82) is 0 Å². The molecule has 0 rings (SSSR count). The van der Waals surface area contributed by atoms with Crippen LogP contribution in [0.5, 0.6) is 0 Å². The molecule has 0 heterocycles. The van der Waals surface area contributed by atoms with Crippen LogP contribution in [0.25, 0.3) is 0 Å². The van der Waals surface area contributed by atoms with Gasteiger partial charge in [0.2, 0.25) is 0 Å². The lowest BCUT2D eigenvalue weighted by atomic mass is 10.0. The molecule has 1 radical (unpaired) electrons. The van der Waals surface area contributed by atoms with Gasteiger partial charge in [-0.15, -0.1) is 0 Å². The van der Waals surface area contributed by atoms with Crippen molar-refractivity contribution >= 4 is 0 Å². The van der Waals surface area contributed by atoms with E-state index in [0.29, 0.717) is 5.92 Å². The first-order valence-corrected chi connectivity index (χ1v) is 4.16. The summed E-state index contributed by atoms with van der Waals surface area (Å²) in [6, 6.07) is 0. The van der Waals surface area contributed by atoms with E-state index >= 15 is 0 Å². The molecule has 0 amide bonds. The van der Waals surface area contributed by atoms with Gasteiger partial charge < -0.3 is 0 Å². The SMILES string of the molecule is [CH2]C(C)/C=C/CC(C)CC. The van der Waals surface area contributed by atoms with E-state index in [9.17, 15) is 0 Å². The van der Waals surface area contributed by atoms with Crippen LogP contribution in [0.2, 0.25) is 0 Å². The minimum atomic E-state index is 0.462. The van der Waals surface area contributed by atoms with Crippen molar-refractivity contribution in [1.82, 2.24) is 0 Å². The lowest BCUT2D eigenvalue weighted by Crippen LogP contribution is -1.88. The van der Waals surface area contributed by atoms with Crippen LogP contribution in [0.3, 0.4) is 0 Å². The molecule has 0 aromatic carbocycles. The third-order valence-electron chi connectivity index (χ3n) is 1.70. The van der Waals surface area contributed by atoms with Crippen LogP contribution in [0.4, 0.5) is 0 Å². The van der Waals surface area contributed by atoms with Crippen molar-refractivity contribution in [3.05, 3.63) is 19.1 Å². The molecule has 0 saturated carbocycles. The highest BCUT2D eigenvalue weighted by atomic mass is 14.0. The van der Waals surface area contributed by atoms with Crippen molar-refractivity contribution in [2.24, 2.45) is 11.8 Å². The summed E-state index contributed by atoms with van der Waals surface area (Å²) >= 11 is 0. The van der Waals surface area contributed by atoms with E-state index in [2.05, 4.69) is 39.8 Å². The first-order chi connectivity index (χ1) is 4.66. The van der Waals surface area contributed by atoms with Gasteiger partial charge in [0.1, 0.15) is 0 Å². The minimum absolute atomic E-state index is 0.462. The van der Waals surface area contributed by atoms with Crippen LogP contribution in [0, 0.1) is 18.8 Å². The largest absolute Gasteiger partial charge is 0.0880 e. The maximum atomic E-state index is 3.87. The Kier molecular flexibility index (Phi) is 5.38. The molecule has 0 heteroatoms. The molecular weight excluding hydrogens is 120 g/mol. The van der Waals surface area contributed by atoms with Crippen LogP contribution in [0.1, 0.15) is 33.6 Å². The van der Waals surface area contributed by atoms with E-state index in [-0.39, 0.29) is 0 Å². The summed E-state index contributed by atoms with van der Waals surface area (Å²) in [5.41, 5.74) is 0. The van der Waals surface area contributed by atoms with E-state index in [1.807, 2.05) is 0 Å². The Labute approximate surface area is 65.3 Å². The summed E-state index contributed by atoms with van der Waals surface area (Å²) in [5, 5.41) is 0. The molecule has 0 spiro atoms. The van der Waals surface area contributed by atoms with Crippen molar-refractivity contribution in [3.63, 3.8) is 0 Å². The highest BCUT2D eigenvalue weighted by Gasteiger charge is 1.93. The predicted octanol–water partition coefficient (Wildman–Crippen LogP) is 3.45. The summed E-state index contributed by atoms with van der Waals surface area (Å²) in [4.78, 5) is 0.